The normalized spacial score (nSPS) is 13.6. The van der Waals surface area contributed by atoms with Crippen LogP contribution in [0.3, 0.4) is 0 Å². The summed E-state index contributed by atoms with van der Waals surface area (Å²) in [5.74, 6) is -7.45. The molecule has 0 radical (unpaired) electrons. The molecule has 2 N–H and O–H groups in total. The van der Waals surface area contributed by atoms with Crippen LogP contribution < -0.4 is 28.7 Å². The molecular formula is C42H40Cl2F2N8O12S2. The molecule has 0 atom stereocenters. The Kier molecular flexibility index (Phi) is 17.1. The molecule has 2 aromatic carbocycles. The lowest BCUT2D eigenvalue weighted by Crippen LogP contribution is -2.55. The largest absolute Gasteiger partial charge is 0.480 e. The maximum Gasteiger partial charge on any atom is 0.343 e. The zero-order chi connectivity index (χ0) is 50.1. The average Bonchev–Trinajstić information content (AvgIpc) is 3.24. The molecule has 2 saturated heterocycles. The predicted octanol–water partition coefficient (Wildman–Crippen LogP) is 4.03. The third-order valence-corrected chi connectivity index (χ3v) is 12.9. The van der Waals surface area contributed by atoms with Gasteiger partial charge in [-0.25, -0.2) is 35.2 Å². The lowest BCUT2D eigenvalue weighted by molar-refractivity contribution is -0.124. The SMILES string of the molecule is CCOC(=O)c1cc(C#N)c(N2CC(C(=O)NS(=O)(=O)Cc3ccc(Cl)cc3Cl)C2)nc1OC.CCOC(=O)c1cc(C#N)c(N2CC(C(=O)NS(=O)(=O)Cc3ccc(F)c(F)c3)C2)nc1OC. The maximum absolute atomic E-state index is 13.3. The first kappa shape index (κ1) is 52.1. The predicted molar refractivity (Wildman–Crippen MR) is 239 cm³/mol. The summed E-state index contributed by atoms with van der Waals surface area (Å²) >= 11 is 11.8. The fraction of sp³-hybridized carbons (Fsp3) is 0.333. The molecule has 2 aromatic heterocycles. The Balaban J connectivity index is 0.000000254. The van der Waals surface area contributed by atoms with Gasteiger partial charge in [-0.05, 0) is 61.4 Å². The van der Waals surface area contributed by atoms with Gasteiger partial charge in [0.15, 0.2) is 23.3 Å². The van der Waals surface area contributed by atoms with E-state index in [9.17, 15) is 55.3 Å². The highest BCUT2D eigenvalue weighted by Gasteiger charge is 2.39. The molecule has 2 aliphatic rings. The number of halogens is 4. The number of sulfonamides is 2. The molecule has 26 heteroatoms. The van der Waals surface area contributed by atoms with Gasteiger partial charge in [-0.2, -0.15) is 20.5 Å². The van der Waals surface area contributed by atoms with Crippen LogP contribution in [-0.4, -0.2) is 104 Å². The summed E-state index contributed by atoms with van der Waals surface area (Å²) in [6, 6.07) is 13.5. The van der Waals surface area contributed by atoms with Crippen LogP contribution in [0.15, 0.2) is 48.5 Å². The van der Waals surface area contributed by atoms with E-state index in [4.69, 9.17) is 42.1 Å². The number of nitriles is 2. The van der Waals surface area contributed by atoms with Crippen LogP contribution in [0.25, 0.3) is 0 Å². The number of hydrogen-bond donors (Lipinski definition) is 2. The number of hydrogen-bond acceptors (Lipinski definition) is 18. The number of esters is 2. The second kappa shape index (κ2) is 22.3. The lowest BCUT2D eigenvalue weighted by atomic mass is 9.98. The van der Waals surface area contributed by atoms with Gasteiger partial charge in [0.2, 0.25) is 43.6 Å². The Morgan fingerprint density at radius 3 is 1.56 bits per heavy atom. The highest BCUT2D eigenvalue weighted by Crippen LogP contribution is 2.33. The van der Waals surface area contributed by atoms with Gasteiger partial charge in [0.25, 0.3) is 0 Å². The molecule has 0 saturated carbocycles. The number of pyridine rings is 2. The quantitative estimate of drug-likeness (QED) is 0.150. The summed E-state index contributed by atoms with van der Waals surface area (Å²) in [5, 5.41) is 19.5. The minimum absolute atomic E-state index is 0.00594. The van der Waals surface area contributed by atoms with Crippen molar-refractivity contribution in [2.45, 2.75) is 25.4 Å². The molecule has 2 fully saturated rings. The zero-order valence-electron chi connectivity index (χ0n) is 36.3. The molecule has 20 nitrogen and oxygen atoms in total. The molecule has 6 rings (SSSR count). The van der Waals surface area contributed by atoms with Gasteiger partial charge < -0.3 is 28.7 Å². The summed E-state index contributed by atoms with van der Waals surface area (Å²) in [6.45, 7) is 3.87. The second-order valence-corrected chi connectivity index (χ2v) is 18.9. The molecule has 0 bridgehead atoms. The van der Waals surface area contributed by atoms with Crippen molar-refractivity contribution in [3.8, 4) is 23.9 Å². The summed E-state index contributed by atoms with van der Waals surface area (Å²) in [4.78, 5) is 60.7. The van der Waals surface area contributed by atoms with E-state index in [1.165, 1.54) is 44.6 Å². The monoisotopic (exact) mass is 1020 g/mol. The van der Waals surface area contributed by atoms with Gasteiger partial charge in [0.1, 0.15) is 23.3 Å². The summed E-state index contributed by atoms with van der Waals surface area (Å²) < 4.78 is 99.9. The van der Waals surface area contributed by atoms with E-state index < -0.39 is 78.8 Å². The van der Waals surface area contributed by atoms with Crippen LogP contribution in [0.5, 0.6) is 11.8 Å². The van der Waals surface area contributed by atoms with Gasteiger partial charge in [-0.15, -0.1) is 0 Å². The maximum atomic E-state index is 13.3. The number of carbonyl (C=O) groups excluding carboxylic acids is 4. The first-order chi connectivity index (χ1) is 32.2. The van der Waals surface area contributed by atoms with Crippen molar-refractivity contribution in [3.63, 3.8) is 0 Å². The molecule has 2 amide bonds. The van der Waals surface area contributed by atoms with Crippen molar-refractivity contribution in [1.29, 1.82) is 10.5 Å². The number of rotatable bonds is 16. The van der Waals surface area contributed by atoms with Crippen LogP contribution in [0.1, 0.15) is 56.8 Å². The van der Waals surface area contributed by atoms with Crippen LogP contribution in [0.4, 0.5) is 20.4 Å². The first-order valence-electron chi connectivity index (χ1n) is 20.0. The number of carbonyl (C=O) groups is 4. The molecule has 2 aliphatic heterocycles. The molecule has 4 aromatic rings. The van der Waals surface area contributed by atoms with E-state index in [1.54, 1.807) is 23.6 Å². The molecule has 0 unspecified atom stereocenters. The second-order valence-electron chi connectivity index (χ2n) is 14.6. The Morgan fingerprint density at radius 1 is 0.706 bits per heavy atom. The van der Waals surface area contributed by atoms with Crippen LogP contribution in [0, 0.1) is 46.1 Å². The lowest BCUT2D eigenvalue weighted by Gasteiger charge is -2.39. The average molecular weight is 1020 g/mol. The molecule has 68 heavy (non-hydrogen) atoms. The fourth-order valence-electron chi connectivity index (χ4n) is 6.51. The van der Waals surface area contributed by atoms with Crippen molar-refractivity contribution in [1.82, 2.24) is 19.4 Å². The summed E-state index contributed by atoms with van der Waals surface area (Å²) in [5.41, 5.74) is 0.403. The van der Waals surface area contributed by atoms with Gasteiger partial charge in [-0.3, -0.25) is 19.0 Å². The topological polar surface area (TPSA) is 277 Å². The highest BCUT2D eigenvalue weighted by molar-refractivity contribution is 7.89. The standard InChI is InChI=1S/C21H20Cl2N4O6S.C21H20F2N4O6S/c1-3-33-21(29)16-6-13(8-24)18(25-20(16)32-2)27-9-14(10-27)19(28)26-34(30,31)11-12-4-5-15(22)7-17(12)23;1-3-33-21(29)15-7-13(8-24)18(25-20(15)32-2)27-9-14(10-27)19(28)26-34(30,31)11-12-4-5-16(22)17(23)6-12/h2*4-7,14H,3,9-11H2,1-2H3,(H,26,28). The van der Waals surface area contributed by atoms with Gasteiger partial charge >= 0.3 is 11.9 Å². The number of nitrogens with one attached hydrogen (secondary N) is 2. The Bertz CT molecular complexity index is 2940. The van der Waals surface area contributed by atoms with Crippen LogP contribution in [0.2, 0.25) is 10.0 Å². The minimum atomic E-state index is -4.16. The van der Waals surface area contributed by atoms with E-state index in [0.717, 1.165) is 18.2 Å². The number of ether oxygens (including phenoxy) is 4. The number of benzene rings is 2. The molecule has 360 valence electrons. The molecule has 4 heterocycles. The number of nitrogens with zero attached hydrogens (tertiary/aromatic N) is 6. The van der Waals surface area contributed by atoms with Crippen LogP contribution in [-0.2, 0) is 50.6 Å². The molecule has 0 aliphatic carbocycles. The smallest absolute Gasteiger partial charge is 0.343 e. The third-order valence-electron chi connectivity index (χ3n) is 9.87. The summed E-state index contributed by atoms with van der Waals surface area (Å²) in [6.07, 6.45) is 0. The van der Waals surface area contributed by atoms with Gasteiger partial charge in [0, 0.05) is 36.2 Å². The van der Waals surface area contributed by atoms with Crippen molar-refractivity contribution < 1.29 is 63.7 Å². The summed E-state index contributed by atoms with van der Waals surface area (Å²) in [7, 11) is -5.54. The van der Waals surface area contributed by atoms with E-state index in [2.05, 4.69) is 14.7 Å². The van der Waals surface area contributed by atoms with Crippen molar-refractivity contribution in [3.05, 3.63) is 104 Å². The highest BCUT2D eigenvalue weighted by atomic mass is 35.5. The molecular weight excluding hydrogens is 982 g/mol. The van der Waals surface area contributed by atoms with E-state index in [0.29, 0.717) is 10.6 Å². The first-order valence-corrected chi connectivity index (χ1v) is 24.0. The number of methoxy groups -OCH3 is 2. The Morgan fingerprint density at radius 2 is 1.16 bits per heavy atom. The molecule has 0 spiro atoms. The zero-order valence-corrected chi connectivity index (χ0v) is 39.5. The van der Waals surface area contributed by atoms with Gasteiger partial charge in [0.05, 0.1) is 61.9 Å². The number of anilines is 2. The van der Waals surface area contributed by atoms with Crippen molar-refractivity contribution in [2.24, 2.45) is 11.8 Å². The van der Waals surface area contributed by atoms with Gasteiger partial charge in [-0.1, -0.05) is 35.3 Å². The van der Waals surface area contributed by atoms with E-state index >= 15 is 0 Å². The van der Waals surface area contributed by atoms with Crippen LogP contribution >= 0.6 is 23.2 Å². The fourth-order valence-corrected chi connectivity index (χ4v) is 9.44. The third kappa shape index (κ3) is 12.8. The number of aromatic nitrogens is 2. The Labute approximate surface area is 398 Å². The minimum Gasteiger partial charge on any atom is -0.480 e. The Hall–Kier alpha value is -6.86. The van der Waals surface area contributed by atoms with Crippen molar-refractivity contribution in [2.75, 3.05) is 63.4 Å². The number of amides is 2. The van der Waals surface area contributed by atoms with E-state index in [1.807, 2.05) is 16.9 Å². The van der Waals surface area contributed by atoms with Crippen molar-refractivity contribution >= 4 is 78.6 Å². The van der Waals surface area contributed by atoms with E-state index in [-0.39, 0.29) is 95.6 Å².